The summed E-state index contributed by atoms with van der Waals surface area (Å²) in [6, 6.07) is 2.37. The molecule has 1 nitrogen and oxygen atoms in total. The second-order valence-electron chi connectivity index (χ2n) is 4.37. The van der Waals surface area contributed by atoms with E-state index in [1.807, 2.05) is 4.90 Å². The molecule has 1 heterocycles. The molecule has 0 saturated carbocycles. The van der Waals surface area contributed by atoms with E-state index < -0.39 is 17.6 Å². The van der Waals surface area contributed by atoms with E-state index in [9.17, 15) is 17.6 Å². The van der Waals surface area contributed by atoms with Crippen LogP contribution in [0.15, 0.2) is 18.2 Å². The maximum absolute atomic E-state index is 13.1. The summed E-state index contributed by atoms with van der Waals surface area (Å²) in [5.41, 5.74) is -0.671. The van der Waals surface area contributed by atoms with Crippen LogP contribution < -0.4 is 0 Å². The summed E-state index contributed by atoms with van der Waals surface area (Å²) in [6.45, 7) is 0.748. The normalized spacial score (nSPS) is 22.1. The quantitative estimate of drug-likeness (QED) is 0.685. The van der Waals surface area contributed by atoms with E-state index in [1.165, 1.54) is 0 Å². The third-order valence-electron chi connectivity index (χ3n) is 3.20. The number of likely N-dealkylation sites (tertiary alicyclic amines) is 1. The molecule has 0 bridgehead atoms. The molecule has 0 amide bonds. The molecule has 1 fully saturated rings. The SMILES string of the molecule is CN1CCCC1c1cc(F)ccc1C(F)(F)F. The van der Waals surface area contributed by atoms with Crippen molar-refractivity contribution in [3.05, 3.63) is 35.1 Å². The molecule has 1 aromatic carbocycles. The van der Waals surface area contributed by atoms with Gasteiger partial charge < -0.3 is 0 Å². The molecule has 1 atom stereocenters. The summed E-state index contributed by atoms with van der Waals surface area (Å²) in [7, 11) is 1.77. The van der Waals surface area contributed by atoms with Crippen LogP contribution in [0.5, 0.6) is 0 Å². The number of hydrogen-bond donors (Lipinski definition) is 0. The third kappa shape index (κ3) is 2.44. The van der Waals surface area contributed by atoms with E-state index in [2.05, 4.69) is 0 Å². The monoisotopic (exact) mass is 247 g/mol. The molecule has 0 N–H and O–H groups in total. The highest BCUT2D eigenvalue weighted by Gasteiger charge is 2.37. The predicted molar refractivity (Wildman–Crippen MR) is 56.0 cm³/mol. The molecular weight excluding hydrogens is 234 g/mol. The van der Waals surface area contributed by atoms with Gasteiger partial charge in [-0.2, -0.15) is 13.2 Å². The van der Waals surface area contributed by atoms with Crippen LogP contribution in [0.1, 0.15) is 30.0 Å². The van der Waals surface area contributed by atoms with Crippen molar-refractivity contribution in [3.8, 4) is 0 Å². The first-order valence-corrected chi connectivity index (χ1v) is 5.46. The summed E-state index contributed by atoms with van der Waals surface area (Å²) < 4.78 is 51.6. The fraction of sp³-hybridized carbons (Fsp3) is 0.500. The summed E-state index contributed by atoms with van der Waals surface area (Å²) >= 11 is 0. The van der Waals surface area contributed by atoms with Gasteiger partial charge in [0.2, 0.25) is 0 Å². The van der Waals surface area contributed by atoms with Crippen molar-refractivity contribution in [3.63, 3.8) is 0 Å². The number of hydrogen-bond acceptors (Lipinski definition) is 1. The third-order valence-corrected chi connectivity index (χ3v) is 3.20. The topological polar surface area (TPSA) is 3.24 Å². The zero-order chi connectivity index (χ0) is 12.6. The van der Waals surface area contributed by atoms with Gasteiger partial charge in [-0.1, -0.05) is 0 Å². The van der Waals surface area contributed by atoms with Crippen LogP contribution in [0, 0.1) is 5.82 Å². The van der Waals surface area contributed by atoms with Crippen LogP contribution in [-0.4, -0.2) is 18.5 Å². The lowest BCUT2D eigenvalue weighted by atomic mass is 9.98. The Morgan fingerprint density at radius 1 is 1.29 bits per heavy atom. The van der Waals surface area contributed by atoms with Gasteiger partial charge in [-0.15, -0.1) is 0 Å². The Labute approximate surface area is 97.0 Å². The van der Waals surface area contributed by atoms with Crippen molar-refractivity contribution in [1.82, 2.24) is 4.90 Å². The van der Waals surface area contributed by atoms with Gasteiger partial charge in [-0.05, 0) is 50.2 Å². The first-order chi connectivity index (χ1) is 7.89. The second kappa shape index (κ2) is 4.29. The number of rotatable bonds is 1. The second-order valence-corrected chi connectivity index (χ2v) is 4.37. The molecule has 1 aliphatic heterocycles. The number of halogens is 4. The first kappa shape index (κ1) is 12.4. The Morgan fingerprint density at radius 2 is 2.00 bits per heavy atom. The van der Waals surface area contributed by atoms with Crippen LogP contribution in [0.25, 0.3) is 0 Å². The van der Waals surface area contributed by atoms with E-state index >= 15 is 0 Å². The van der Waals surface area contributed by atoms with E-state index in [0.717, 1.165) is 31.2 Å². The van der Waals surface area contributed by atoms with Crippen molar-refractivity contribution in [2.24, 2.45) is 0 Å². The van der Waals surface area contributed by atoms with Crippen LogP contribution >= 0.6 is 0 Å². The molecular formula is C12H13F4N. The minimum absolute atomic E-state index is 0.0532. The number of alkyl halides is 3. The van der Waals surface area contributed by atoms with Gasteiger partial charge in [0.15, 0.2) is 0 Å². The Morgan fingerprint density at radius 3 is 2.53 bits per heavy atom. The molecule has 5 heteroatoms. The smallest absolute Gasteiger partial charge is 0.299 e. The highest BCUT2D eigenvalue weighted by atomic mass is 19.4. The molecule has 1 aromatic rings. The van der Waals surface area contributed by atoms with Crippen LogP contribution in [0.3, 0.4) is 0 Å². The Kier molecular flexibility index (Phi) is 3.12. The minimum atomic E-state index is -4.42. The summed E-state index contributed by atoms with van der Waals surface area (Å²) in [4.78, 5) is 1.84. The van der Waals surface area contributed by atoms with Gasteiger partial charge >= 0.3 is 6.18 Å². The van der Waals surface area contributed by atoms with E-state index in [-0.39, 0.29) is 11.6 Å². The van der Waals surface area contributed by atoms with E-state index in [0.29, 0.717) is 6.42 Å². The summed E-state index contributed by atoms with van der Waals surface area (Å²) in [6.07, 6.45) is -2.94. The minimum Gasteiger partial charge on any atom is -0.299 e. The Bertz CT molecular complexity index is 413. The number of benzene rings is 1. The maximum Gasteiger partial charge on any atom is 0.416 e. The largest absolute Gasteiger partial charge is 0.416 e. The molecule has 94 valence electrons. The van der Waals surface area contributed by atoms with E-state index in [4.69, 9.17) is 0 Å². The number of nitrogens with zero attached hydrogens (tertiary/aromatic N) is 1. The van der Waals surface area contributed by atoms with E-state index in [1.54, 1.807) is 7.05 Å². The van der Waals surface area contributed by atoms with Gasteiger partial charge in [0.1, 0.15) is 5.82 Å². The summed E-state index contributed by atoms with van der Waals surface area (Å²) in [5.74, 6) is -0.617. The Balaban J connectivity index is 2.47. The molecule has 2 rings (SSSR count). The van der Waals surface area contributed by atoms with Gasteiger partial charge in [0, 0.05) is 6.04 Å². The van der Waals surface area contributed by atoms with Crippen molar-refractivity contribution < 1.29 is 17.6 Å². The van der Waals surface area contributed by atoms with Gasteiger partial charge in [-0.25, -0.2) is 4.39 Å². The molecule has 1 aliphatic rings. The first-order valence-electron chi connectivity index (χ1n) is 5.46. The van der Waals surface area contributed by atoms with Crippen LogP contribution in [0.4, 0.5) is 17.6 Å². The molecule has 17 heavy (non-hydrogen) atoms. The van der Waals surface area contributed by atoms with Gasteiger partial charge in [-0.3, -0.25) is 4.90 Å². The molecule has 0 aliphatic carbocycles. The Hall–Kier alpha value is -1.10. The lowest BCUT2D eigenvalue weighted by molar-refractivity contribution is -0.138. The van der Waals surface area contributed by atoms with Gasteiger partial charge in [0.25, 0.3) is 0 Å². The zero-order valence-electron chi connectivity index (χ0n) is 9.39. The standard InChI is InChI=1S/C12H13F4N/c1-17-6-2-3-11(17)9-7-8(13)4-5-10(9)12(14,15)16/h4-5,7,11H,2-3,6H2,1H3. The van der Waals surface area contributed by atoms with Crippen molar-refractivity contribution >= 4 is 0 Å². The average Bonchev–Trinajstić information content (AvgIpc) is 2.62. The average molecular weight is 247 g/mol. The molecule has 1 unspecified atom stereocenters. The van der Waals surface area contributed by atoms with Gasteiger partial charge in [0.05, 0.1) is 5.56 Å². The zero-order valence-corrected chi connectivity index (χ0v) is 9.39. The van der Waals surface area contributed by atoms with Crippen LogP contribution in [0.2, 0.25) is 0 Å². The highest BCUT2D eigenvalue weighted by Crippen LogP contribution is 2.39. The van der Waals surface area contributed by atoms with Crippen molar-refractivity contribution in [2.45, 2.75) is 25.1 Å². The van der Waals surface area contributed by atoms with Crippen molar-refractivity contribution in [1.29, 1.82) is 0 Å². The molecule has 0 aromatic heterocycles. The fourth-order valence-electron chi connectivity index (χ4n) is 2.37. The predicted octanol–water partition coefficient (Wildman–Crippen LogP) is 3.61. The molecule has 0 spiro atoms. The maximum atomic E-state index is 13.1. The lowest BCUT2D eigenvalue weighted by Crippen LogP contribution is -2.21. The molecule has 1 saturated heterocycles. The summed E-state index contributed by atoms with van der Waals surface area (Å²) in [5, 5.41) is 0. The fourth-order valence-corrected chi connectivity index (χ4v) is 2.37. The van der Waals surface area contributed by atoms with Crippen LogP contribution in [-0.2, 0) is 6.18 Å². The highest BCUT2D eigenvalue weighted by molar-refractivity contribution is 5.33. The molecule has 0 radical (unpaired) electrons. The lowest BCUT2D eigenvalue weighted by Gasteiger charge is -2.23. The van der Waals surface area contributed by atoms with Crippen molar-refractivity contribution in [2.75, 3.05) is 13.6 Å².